The monoisotopic (exact) mass is 399 g/mol. The maximum absolute atomic E-state index is 12.5. The molecule has 5 nitrogen and oxygen atoms in total. The summed E-state index contributed by atoms with van der Waals surface area (Å²) in [6, 6.07) is 11.6. The van der Waals surface area contributed by atoms with Crippen LogP contribution in [-0.4, -0.2) is 22.6 Å². The number of hydrogen-bond donors (Lipinski definition) is 1. The van der Waals surface area contributed by atoms with E-state index in [4.69, 9.17) is 9.47 Å². The number of sulfonamides is 1. The number of methoxy groups -OCH3 is 2. The lowest BCUT2D eigenvalue weighted by molar-refractivity contribution is 0.354. The molecule has 0 bridgehead atoms. The van der Waals surface area contributed by atoms with Gasteiger partial charge >= 0.3 is 0 Å². The maximum atomic E-state index is 12.5. The fourth-order valence-corrected chi connectivity index (χ4v) is 3.62. The minimum absolute atomic E-state index is 0.124. The van der Waals surface area contributed by atoms with Crippen LogP contribution in [0.3, 0.4) is 0 Å². The minimum atomic E-state index is -3.67. The quantitative estimate of drug-likeness (QED) is 0.806. The summed E-state index contributed by atoms with van der Waals surface area (Å²) in [6.07, 6.45) is 0. The van der Waals surface area contributed by atoms with Crippen LogP contribution in [-0.2, 0) is 10.0 Å². The summed E-state index contributed by atoms with van der Waals surface area (Å²) >= 11 is 3.36. The van der Waals surface area contributed by atoms with Crippen molar-refractivity contribution in [2.24, 2.45) is 0 Å². The molecule has 0 radical (unpaired) electrons. The molecule has 0 aromatic heterocycles. The van der Waals surface area contributed by atoms with Gasteiger partial charge in [-0.05, 0) is 36.8 Å². The highest BCUT2D eigenvalue weighted by molar-refractivity contribution is 9.10. The normalized spacial score (nSPS) is 12.7. The van der Waals surface area contributed by atoms with Gasteiger partial charge in [0.15, 0.2) is 11.5 Å². The lowest BCUT2D eigenvalue weighted by atomic mass is 10.1. The van der Waals surface area contributed by atoms with Crippen molar-refractivity contribution < 1.29 is 17.9 Å². The van der Waals surface area contributed by atoms with Gasteiger partial charge in [0.25, 0.3) is 0 Å². The van der Waals surface area contributed by atoms with Crippen molar-refractivity contribution in [1.29, 1.82) is 0 Å². The molecule has 1 unspecified atom stereocenters. The molecular weight excluding hydrogens is 382 g/mol. The second-order valence-corrected chi connectivity index (χ2v) is 7.54. The Hall–Kier alpha value is -1.57. The van der Waals surface area contributed by atoms with Crippen LogP contribution in [0.4, 0.5) is 0 Å². The predicted molar refractivity (Wildman–Crippen MR) is 92.4 cm³/mol. The van der Waals surface area contributed by atoms with E-state index in [1.807, 2.05) is 24.3 Å². The molecule has 2 aromatic carbocycles. The molecule has 23 heavy (non-hydrogen) atoms. The largest absolute Gasteiger partial charge is 0.493 e. The van der Waals surface area contributed by atoms with Gasteiger partial charge in [0.2, 0.25) is 10.0 Å². The molecule has 1 atom stereocenters. The van der Waals surface area contributed by atoms with Crippen molar-refractivity contribution in [3.8, 4) is 11.5 Å². The minimum Gasteiger partial charge on any atom is -0.493 e. The Morgan fingerprint density at radius 3 is 2.17 bits per heavy atom. The third-order valence-corrected chi connectivity index (χ3v) is 5.43. The fourth-order valence-electron chi connectivity index (χ4n) is 2.10. The zero-order chi connectivity index (χ0) is 17.0. The van der Waals surface area contributed by atoms with Gasteiger partial charge in [0, 0.05) is 16.6 Å². The molecule has 0 spiro atoms. The molecule has 0 amide bonds. The lowest BCUT2D eigenvalue weighted by Gasteiger charge is -2.16. The highest BCUT2D eigenvalue weighted by atomic mass is 79.9. The van der Waals surface area contributed by atoms with Crippen LogP contribution in [0.15, 0.2) is 51.8 Å². The third kappa shape index (κ3) is 4.25. The number of nitrogens with one attached hydrogen (secondary N) is 1. The van der Waals surface area contributed by atoms with E-state index in [2.05, 4.69) is 20.7 Å². The van der Waals surface area contributed by atoms with E-state index >= 15 is 0 Å². The van der Waals surface area contributed by atoms with Crippen molar-refractivity contribution in [3.63, 3.8) is 0 Å². The van der Waals surface area contributed by atoms with Crippen molar-refractivity contribution in [3.05, 3.63) is 52.5 Å². The van der Waals surface area contributed by atoms with Crippen LogP contribution < -0.4 is 14.2 Å². The molecule has 7 heteroatoms. The Balaban J connectivity index is 2.26. The SMILES string of the molecule is COc1ccc(S(=O)(=O)NC(C)c2ccc(Br)cc2)cc1OC. The summed E-state index contributed by atoms with van der Waals surface area (Å²) < 4.78 is 38.9. The molecule has 0 aliphatic rings. The Morgan fingerprint density at radius 1 is 1.00 bits per heavy atom. The van der Waals surface area contributed by atoms with Crippen LogP contribution >= 0.6 is 15.9 Å². The average molecular weight is 400 g/mol. The molecule has 0 saturated heterocycles. The van der Waals surface area contributed by atoms with Crippen LogP contribution in [0.2, 0.25) is 0 Å². The summed E-state index contributed by atoms with van der Waals surface area (Å²) in [6.45, 7) is 1.79. The molecule has 2 aromatic rings. The third-order valence-electron chi connectivity index (χ3n) is 3.37. The first kappa shape index (κ1) is 17.8. The molecule has 0 aliphatic heterocycles. The first-order valence-corrected chi connectivity index (χ1v) is 9.15. The van der Waals surface area contributed by atoms with Gasteiger partial charge in [-0.1, -0.05) is 28.1 Å². The molecule has 0 saturated carbocycles. The van der Waals surface area contributed by atoms with Crippen LogP contribution in [0, 0.1) is 0 Å². The van der Waals surface area contributed by atoms with Gasteiger partial charge in [-0.15, -0.1) is 0 Å². The van der Waals surface area contributed by atoms with Gasteiger partial charge in [-0.25, -0.2) is 13.1 Å². The van der Waals surface area contributed by atoms with Gasteiger partial charge < -0.3 is 9.47 Å². The molecular formula is C16H18BrNO4S. The summed E-state index contributed by atoms with van der Waals surface area (Å²) in [5.41, 5.74) is 0.872. The number of halogens is 1. The standard InChI is InChI=1S/C16H18BrNO4S/c1-11(12-4-6-13(17)7-5-12)18-23(19,20)14-8-9-15(21-2)16(10-14)22-3/h4-11,18H,1-3H3. The highest BCUT2D eigenvalue weighted by Crippen LogP contribution is 2.30. The first-order valence-electron chi connectivity index (χ1n) is 6.87. The van der Waals surface area contributed by atoms with Crippen molar-refractivity contribution in [2.45, 2.75) is 17.9 Å². The molecule has 0 heterocycles. The number of ether oxygens (including phenoxy) is 2. The van der Waals surface area contributed by atoms with Crippen molar-refractivity contribution in [1.82, 2.24) is 4.72 Å². The van der Waals surface area contributed by atoms with Gasteiger partial charge in [0.05, 0.1) is 19.1 Å². The fraction of sp³-hybridized carbons (Fsp3) is 0.250. The summed E-state index contributed by atoms with van der Waals surface area (Å²) in [4.78, 5) is 0.124. The zero-order valence-electron chi connectivity index (χ0n) is 13.0. The van der Waals surface area contributed by atoms with E-state index in [1.165, 1.54) is 26.4 Å². The van der Waals surface area contributed by atoms with Gasteiger partial charge in [0.1, 0.15) is 0 Å². The van der Waals surface area contributed by atoms with E-state index in [-0.39, 0.29) is 10.9 Å². The van der Waals surface area contributed by atoms with Gasteiger partial charge in [-0.3, -0.25) is 0 Å². The summed E-state index contributed by atoms with van der Waals surface area (Å²) in [5, 5.41) is 0. The van der Waals surface area contributed by atoms with E-state index < -0.39 is 10.0 Å². The maximum Gasteiger partial charge on any atom is 0.241 e. The van der Waals surface area contributed by atoms with E-state index in [1.54, 1.807) is 13.0 Å². The second-order valence-electron chi connectivity index (χ2n) is 4.91. The first-order chi connectivity index (χ1) is 10.9. The van der Waals surface area contributed by atoms with E-state index in [9.17, 15) is 8.42 Å². The molecule has 0 aliphatic carbocycles. The molecule has 1 N–H and O–H groups in total. The van der Waals surface area contributed by atoms with Crippen molar-refractivity contribution in [2.75, 3.05) is 14.2 Å². The van der Waals surface area contributed by atoms with Crippen LogP contribution in [0.5, 0.6) is 11.5 Å². The summed E-state index contributed by atoms with van der Waals surface area (Å²) in [7, 11) is -0.708. The Bertz CT molecular complexity index is 775. The predicted octanol–water partition coefficient (Wildman–Crippen LogP) is 3.51. The average Bonchev–Trinajstić information content (AvgIpc) is 2.54. The van der Waals surface area contributed by atoms with Crippen LogP contribution in [0.1, 0.15) is 18.5 Å². The Morgan fingerprint density at radius 2 is 1.61 bits per heavy atom. The Kier molecular flexibility index (Phi) is 5.67. The number of benzene rings is 2. The lowest BCUT2D eigenvalue weighted by Crippen LogP contribution is -2.26. The molecule has 0 fully saturated rings. The topological polar surface area (TPSA) is 64.6 Å². The Labute approximate surface area is 144 Å². The zero-order valence-corrected chi connectivity index (χ0v) is 15.4. The van der Waals surface area contributed by atoms with Gasteiger partial charge in [-0.2, -0.15) is 0 Å². The highest BCUT2D eigenvalue weighted by Gasteiger charge is 2.20. The second kappa shape index (κ2) is 7.33. The van der Waals surface area contributed by atoms with Crippen molar-refractivity contribution >= 4 is 26.0 Å². The van der Waals surface area contributed by atoms with E-state index in [0.717, 1.165) is 10.0 Å². The summed E-state index contributed by atoms with van der Waals surface area (Å²) in [5.74, 6) is 0.846. The molecule has 2 rings (SSSR count). The smallest absolute Gasteiger partial charge is 0.241 e. The number of hydrogen-bond acceptors (Lipinski definition) is 4. The van der Waals surface area contributed by atoms with E-state index in [0.29, 0.717) is 11.5 Å². The van der Waals surface area contributed by atoms with Crippen LogP contribution in [0.25, 0.3) is 0 Å². The number of rotatable bonds is 6. The molecule has 124 valence electrons.